The van der Waals surface area contributed by atoms with Crippen LogP contribution < -0.4 is 4.72 Å². The Balaban J connectivity index is 2.07. The van der Waals surface area contributed by atoms with Crippen molar-refractivity contribution in [2.75, 3.05) is 5.33 Å². The lowest BCUT2D eigenvalue weighted by molar-refractivity contribution is 0.301. The Labute approximate surface area is 124 Å². The first kappa shape index (κ1) is 15.0. The van der Waals surface area contributed by atoms with Gasteiger partial charge in [0, 0.05) is 10.9 Å². The molecular weight excluding hydrogens is 326 g/mol. The molecular formula is C14H20BrNO2S. The molecule has 0 saturated heterocycles. The van der Waals surface area contributed by atoms with E-state index in [2.05, 4.69) is 20.7 Å². The number of rotatable bonds is 5. The molecule has 1 aliphatic carbocycles. The van der Waals surface area contributed by atoms with Gasteiger partial charge >= 0.3 is 0 Å². The molecule has 0 spiro atoms. The van der Waals surface area contributed by atoms with Crippen LogP contribution >= 0.6 is 15.9 Å². The highest BCUT2D eigenvalue weighted by atomic mass is 79.9. The molecule has 2 rings (SSSR count). The van der Waals surface area contributed by atoms with Gasteiger partial charge in [0.05, 0.1) is 5.75 Å². The van der Waals surface area contributed by atoms with Crippen molar-refractivity contribution in [1.82, 2.24) is 4.72 Å². The lowest BCUT2D eigenvalue weighted by Gasteiger charge is -2.36. The van der Waals surface area contributed by atoms with Crippen LogP contribution in [0.5, 0.6) is 0 Å². The summed E-state index contributed by atoms with van der Waals surface area (Å²) in [6, 6.07) is 9.32. The van der Waals surface area contributed by atoms with E-state index in [-0.39, 0.29) is 11.3 Å². The second kappa shape index (κ2) is 6.37. The fraction of sp³-hybridized carbons (Fsp3) is 0.571. The van der Waals surface area contributed by atoms with Crippen molar-refractivity contribution in [2.45, 2.75) is 43.4 Å². The number of nitrogens with one attached hydrogen (secondary N) is 1. The standard InChI is InChI=1S/C14H20BrNO2S/c15-12-14(9-5-2-6-10-14)16-19(17,18)11-13-7-3-1-4-8-13/h1,3-4,7-8,16H,2,5-6,9-12H2. The minimum absolute atomic E-state index is 0.0581. The Bertz CT molecular complexity index is 495. The molecule has 1 aliphatic rings. The van der Waals surface area contributed by atoms with Gasteiger partial charge in [0.1, 0.15) is 0 Å². The van der Waals surface area contributed by atoms with Crippen molar-refractivity contribution in [3.05, 3.63) is 35.9 Å². The van der Waals surface area contributed by atoms with Crippen molar-refractivity contribution in [3.63, 3.8) is 0 Å². The first-order valence-electron chi connectivity index (χ1n) is 6.67. The zero-order chi connectivity index (χ0) is 13.8. The molecule has 106 valence electrons. The van der Waals surface area contributed by atoms with E-state index < -0.39 is 10.0 Å². The molecule has 1 aromatic carbocycles. The van der Waals surface area contributed by atoms with E-state index in [4.69, 9.17) is 0 Å². The first-order chi connectivity index (χ1) is 9.05. The third-order valence-electron chi connectivity index (χ3n) is 3.64. The molecule has 0 unspecified atom stereocenters. The normalized spacial score (nSPS) is 19.2. The second-order valence-electron chi connectivity index (χ2n) is 5.32. The molecule has 5 heteroatoms. The molecule has 1 aromatic rings. The maximum Gasteiger partial charge on any atom is 0.216 e. The Morgan fingerprint density at radius 2 is 1.74 bits per heavy atom. The number of hydrogen-bond donors (Lipinski definition) is 1. The van der Waals surface area contributed by atoms with Gasteiger partial charge in [0.25, 0.3) is 0 Å². The first-order valence-corrected chi connectivity index (χ1v) is 9.44. The van der Waals surface area contributed by atoms with Crippen LogP contribution in [-0.4, -0.2) is 19.3 Å². The van der Waals surface area contributed by atoms with Crippen LogP contribution in [-0.2, 0) is 15.8 Å². The Morgan fingerprint density at radius 3 is 2.32 bits per heavy atom. The molecule has 3 nitrogen and oxygen atoms in total. The molecule has 1 N–H and O–H groups in total. The highest BCUT2D eigenvalue weighted by Gasteiger charge is 2.34. The van der Waals surface area contributed by atoms with Gasteiger partial charge in [-0.15, -0.1) is 0 Å². The molecule has 0 radical (unpaired) electrons. The Kier molecular flexibility index (Phi) is 5.03. The van der Waals surface area contributed by atoms with Gasteiger partial charge in [0.2, 0.25) is 10.0 Å². The topological polar surface area (TPSA) is 46.2 Å². The average Bonchev–Trinajstić information content (AvgIpc) is 2.40. The quantitative estimate of drug-likeness (QED) is 0.833. The second-order valence-corrected chi connectivity index (χ2v) is 7.60. The smallest absolute Gasteiger partial charge is 0.212 e. The number of benzene rings is 1. The van der Waals surface area contributed by atoms with Crippen molar-refractivity contribution in [3.8, 4) is 0 Å². The predicted octanol–water partition coefficient (Wildman–Crippen LogP) is 3.20. The lowest BCUT2D eigenvalue weighted by atomic mass is 9.84. The summed E-state index contributed by atoms with van der Waals surface area (Å²) >= 11 is 3.48. The number of halogens is 1. The van der Waals surface area contributed by atoms with Crippen molar-refractivity contribution in [1.29, 1.82) is 0 Å². The Morgan fingerprint density at radius 1 is 1.11 bits per heavy atom. The van der Waals surface area contributed by atoms with E-state index in [1.54, 1.807) is 0 Å². The number of alkyl halides is 1. The van der Waals surface area contributed by atoms with Gasteiger partial charge in [-0.05, 0) is 18.4 Å². The molecule has 19 heavy (non-hydrogen) atoms. The van der Waals surface area contributed by atoms with E-state index in [1.807, 2.05) is 30.3 Å². The zero-order valence-corrected chi connectivity index (χ0v) is 13.3. The van der Waals surface area contributed by atoms with E-state index in [1.165, 1.54) is 6.42 Å². The molecule has 0 heterocycles. The van der Waals surface area contributed by atoms with E-state index >= 15 is 0 Å². The third kappa shape index (κ3) is 4.29. The monoisotopic (exact) mass is 345 g/mol. The highest BCUT2D eigenvalue weighted by molar-refractivity contribution is 9.09. The fourth-order valence-electron chi connectivity index (χ4n) is 2.65. The van der Waals surface area contributed by atoms with E-state index in [9.17, 15) is 8.42 Å². The summed E-state index contributed by atoms with van der Waals surface area (Å²) < 4.78 is 27.5. The Hall–Kier alpha value is -0.390. The van der Waals surface area contributed by atoms with Crippen LogP contribution in [0.1, 0.15) is 37.7 Å². The third-order valence-corrected chi connectivity index (χ3v) is 6.17. The van der Waals surface area contributed by atoms with Crippen LogP contribution in [0.25, 0.3) is 0 Å². The summed E-state index contributed by atoms with van der Waals surface area (Å²) in [5.74, 6) is 0.0581. The largest absolute Gasteiger partial charge is 0.216 e. The van der Waals surface area contributed by atoms with Crippen LogP contribution in [0, 0.1) is 0 Å². The van der Waals surface area contributed by atoms with Gasteiger partial charge in [-0.2, -0.15) is 0 Å². The average molecular weight is 346 g/mol. The number of hydrogen-bond acceptors (Lipinski definition) is 2. The van der Waals surface area contributed by atoms with Crippen LogP contribution in [0.15, 0.2) is 30.3 Å². The summed E-state index contributed by atoms with van der Waals surface area (Å²) in [5.41, 5.74) is 0.543. The molecule has 0 bridgehead atoms. The molecule has 1 saturated carbocycles. The van der Waals surface area contributed by atoms with E-state index in [0.717, 1.165) is 31.2 Å². The van der Waals surface area contributed by atoms with Gasteiger partial charge in [-0.25, -0.2) is 13.1 Å². The summed E-state index contributed by atoms with van der Waals surface area (Å²) in [5, 5.41) is 0.689. The summed E-state index contributed by atoms with van der Waals surface area (Å²) in [6.45, 7) is 0. The van der Waals surface area contributed by atoms with Crippen LogP contribution in [0.3, 0.4) is 0 Å². The zero-order valence-electron chi connectivity index (χ0n) is 10.9. The van der Waals surface area contributed by atoms with Crippen molar-refractivity contribution in [2.24, 2.45) is 0 Å². The summed E-state index contributed by atoms with van der Waals surface area (Å²) in [4.78, 5) is 0. The van der Waals surface area contributed by atoms with Gasteiger partial charge in [-0.1, -0.05) is 65.5 Å². The van der Waals surface area contributed by atoms with Gasteiger partial charge < -0.3 is 0 Å². The molecule has 0 aliphatic heterocycles. The highest BCUT2D eigenvalue weighted by Crippen LogP contribution is 2.30. The van der Waals surface area contributed by atoms with Crippen LogP contribution in [0.2, 0.25) is 0 Å². The SMILES string of the molecule is O=S(=O)(Cc1ccccc1)NC1(CBr)CCCCC1. The summed E-state index contributed by atoms with van der Waals surface area (Å²) in [7, 11) is -3.28. The van der Waals surface area contributed by atoms with Gasteiger partial charge in [-0.3, -0.25) is 0 Å². The predicted molar refractivity (Wildman–Crippen MR) is 81.8 cm³/mol. The van der Waals surface area contributed by atoms with Gasteiger partial charge in [0.15, 0.2) is 0 Å². The molecule has 1 fully saturated rings. The fourth-order valence-corrected chi connectivity index (χ4v) is 5.18. The summed E-state index contributed by atoms with van der Waals surface area (Å²) in [6.07, 6.45) is 5.24. The minimum atomic E-state index is -3.28. The molecule has 0 atom stereocenters. The number of sulfonamides is 1. The molecule has 0 aromatic heterocycles. The lowest BCUT2D eigenvalue weighted by Crippen LogP contribution is -2.51. The van der Waals surface area contributed by atoms with Crippen LogP contribution in [0.4, 0.5) is 0 Å². The maximum absolute atomic E-state index is 12.3. The molecule has 0 amide bonds. The maximum atomic E-state index is 12.3. The van der Waals surface area contributed by atoms with E-state index in [0.29, 0.717) is 5.33 Å². The minimum Gasteiger partial charge on any atom is -0.212 e. The van der Waals surface area contributed by atoms with Crippen molar-refractivity contribution >= 4 is 26.0 Å². The van der Waals surface area contributed by atoms with Crippen molar-refractivity contribution < 1.29 is 8.42 Å².